The normalized spacial score (nSPS) is 17.9. The Kier molecular flexibility index (Phi) is 4.09. The summed E-state index contributed by atoms with van der Waals surface area (Å²) in [4.78, 5) is 25.8. The number of nitrogens with one attached hydrogen (secondary N) is 1. The molecule has 2 aromatic carbocycles. The zero-order valence-corrected chi connectivity index (χ0v) is 13.3. The maximum Gasteiger partial charge on any atom is 0.295 e. The number of carbonyl (C=O) groups is 2. The predicted molar refractivity (Wildman–Crippen MR) is 90.5 cm³/mol. The number of rotatable bonds is 3. The lowest BCUT2D eigenvalue weighted by atomic mass is 10.2. The standard InChI is InChI=1S/C16H13ClN2O2S/c1-10-12(17)8-5-9-13(10)18-14-15(20)19(16(21)22-14)11-6-3-2-4-7-11/h2-9,14,18H,1H3/t14-/m0/s1. The maximum absolute atomic E-state index is 12.5. The van der Waals surface area contributed by atoms with Crippen molar-refractivity contribution < 1.29 is 9.59 Å². The Balaban J connectivity index is 1.84. The third-order valence-electron chi connectivity index (χ3n) is 3.41. The maximum atomic E-state index is 12.5. The summed E-state index contributed by atoms with van der Waals surface area (Å²) in [5.74, 6) is -0.277. The van der Waals surface area contributed by atoms with Crippen molar-refractivity contribution in [3.05, 3.63) is 59.1 Å². The number of halogens is 1. The van der Waals surface area contributed by atoms with Gasteiger partial charge in [0.1, 0.15) is 0 Å². The molecule has 22 heavy (non-hydrogen) atoms. The molecule has 1 heterocycles. The fourth-order valence-electron chi connectivity index (χ4n) is 2.22. The van der Waals surface area contributed by atoms with Crippen LogP contribution >= 0.6 is 23.4 Å². The number of carbonyl (C=O) groups excluding carboxylic acids is 2. The lowest BCUT2D eigenvalue weighted by Crippen LogP contribution is -2.34. The second-order valence-electron chi connectivity index (χ2n) is 4.83. The number of anilines is 2. The smallest absolute Gasteiger partial charge is 0.295 e. The summed E-state index contributed by atoms with van der Waals surface area (Å²) in [6, 6.07) is 14.3. The number of thioether (sulfide) groups is 1. The molecule has 1 N–H and O–H groups in total. The van der Waals surface area contributed by atoms with Crippen molar-refractivity contribution in [2.45, 2.75) is 12.3 Å². The number of para-hydroxylation sites is 1. The molecule has 3 rings (SSSR count). The van der Waals surface area contributed by atoms with Crippen LogP contribution < -0.4 is 10.2 Å². The molecule has 0 aliphatic carbocycles. The van der Waals surface area contributed by atoms with Gasteiger partial charge in [-0.2, -0.15) is 0 Å². The Hall–Kier alpha value is -1.98. The van der Waals surface area contributed by atoms with Gasteiger partial charge in [0.15, 0.2) is 5.37 Å². The molecule has 2 aromatic rings. The average molecular weight is 333 g/mol. The summed E-state index contributed by atoms with van der Waals surface area (Å²) in [6.45, 7) is 1.87. The quantitative estimate of drug-likeness (QED) is 0.911. The van der Waals surface area contributed by atoms with Gasteiger partial charge >= 0.3 is 0 Å². The molecule has 1 saturated heterocycles. The first-order valence-electron chi connectivity index (χ1n) is 6.69. The van der Waals surface area contributed by atoms with Crippen molar-refractivity contribution in [3.63, 3.8) is 0 Å². The minimum Gasteiger partial charge on any atom is -0.365 e. The molecule has 4 nitrogen and oxygen atoms in total. The Bertz CT molecular complexity index is 736. The Labute approximate surface area is 137 Å². The molecule has 0 saturated carbocycles. The zero-order chi connectivity index (χ0) is 15.7. The predicted octanol–water partition coefficient (Wildman–Crippen LogP) is 4.29. The first-order valence-corrected chi connectivity index (χ1v) is 7.95. The third kappa shape index (κ3) is 2.69. The summed E-state index contributed by atoms with van der Waals surface area (Å²) in [7, 11) is 0. The molecule has 2 amide bonds. The first-order chi connectivity index (χ1) is 10.6. The second kappa shape index (κ2) is 6.02. The SMILES string of the molecule is Cc1c(Cl)cccc1N[C@H]1SC(=O)N(c2ccccc2)C1=O. The molecule has 1 atom stereocenters. The van der Waals surface area contributed by atoms with Gasteiger partial charge < -0.3 is 5.32 Å². The second-order valence-corrected chi connectivity index (χ2v) is 6.29. The van der Waals surface area contributed by atoms with E-state index in [1.54, 1.807) is 36.4 Å². The molecular weight excluding hydrogens is 320 g/mol. The molecular formula is C16H13ClN2O2S. The van der Waals surface area contributed by atoms with Gasteiger partial charge in [0, 0.05) is 10.7 Å². The van der Waals surface area contributed by atoms with Crippen molar-refractivity contribution in [2.75, 3.05) is 10.2 Å². The molecule has 1 aliphatic rings. The fraction of sp³-hybridized carbons (Fsp3) is 0.125. The van der Waals surface area contributed by atoms with Crippen molar-refractivity contribution in [1.82, 2.24) is 0 Å². The van der Waals surface area contributed by atoms with Gasteiger partial charge in [-0.15, -0.1) is 0 Å². The number of nitrogens with zero attached hydrogens (tertiary/aromatic N) is 1. The van der Waals surface area contributed by atoms with Crippen molar-refractivity contribution >= 4 is 45.9 Å². The summed E-state index contributed by atoms with van der Waals surface area (Å²) in [5, 5.41) is 2.78. The van der Waals surface area contributed by atoms with Crippen LogP contribution in [0.25, 0.3) is 0 Å². The van der Waals surface area contributed by atoms with E-state index in [-0.39, 0.29) is 11.1 Å². The van der Waals surface area contributed by atoms with Crippen LogP contribution in [0, 0.1) is 6.92 Å². The van der Waals surface area contributed by atoms with Gasteiger partial charge in [0.2, 0.25) is 0 Å². The number of amides is 2. The summed E-state index contributed by atoms with van der Waals surface area (Å²) in [6.07, 6.45) is 0. The third-order valence-corrected chi connectivity index (χ3v) is 4.76. The number of imide groups is 1. The van der Waals surface area contributed by atoms with E-state index in [0.717, 1.165) is 23.0 Å². The molecule has 0 bridgehead atoms. The summed E-state index contributed by atoms with van der Waals surface area (Å²) >= 11 is 7.05. The highest BCUT2D eigenvalue weighted by Crippen LogP contribution is 2.33. The topological polar surface area (TPSA) is 49.4 Å². The van der Waals surface area contributed by atoms with Gasteiger partial charge in [0.05, 0.1) is 5.69 Å². The first kappa shape index (κ1) is 14.9. The molecule has 1 fully saturated rings. The average Bonchev–Trinajstić information content (AvgIpc) is 2.79. The highest BCUT2D eigenvalue weighted by Gasteiger charge is 2.40. The van der Waals surface area contributed by atoms with Gasteiger partial charge in [-0.3, -0.25) is 9.59 Å². The minimum atomic E-state index is -0.648. The fourth-order valence-corrected chi connectivity index (χ4v) is 3.29. The largest absolute Gasteiger partial charge is 0.365 e. The number of benzene rings is 2. The van der Waals surface area contributed by atoms with E-state index in [9.17, 15) is 9.59 Å². The van der Waals surface area contributed by atoms with Crippen LogP contribution in [0.15, 0.2) is 48.5 Å². The Morgan fingerprint density at radius 1 is 1.09 bits per heavy atom. The molecule has 1 aliphatic heterocycles. The number of hydrogen-bond acceptors (Lipinski definition) is 4. The molecule has 0 spiro atoms. The molecule has 0 radical (unpaired) electrons. The van der Waals surface area contributed by atoms with Crippen LogP contribution in [0.5, 0.6) is 0 Å². The molecule has 0 aromatic heterocycles. The highest BCUT2D eigenvalue weighted by atomic mass is 35.5. The highest BCUT2D eigenvalue weighted by molar-refractivity contribution is 8.16. The van der Waals surface area contributed by atoms with Crippen LogP contribution in [0.2, 0.25) is 5.02 Å². The van der Waals surface area contributed by atoms with Gasteiger partial charge in [0.25, 0.3) is 11.1 Å². The van der Waals surface area contributed by atoms with Crippen LogP contribution in [0.4, 0.5) is 16.2 Å². The Morgan fingerprint density at radius 3 is 2.55 bits per heavy atom. The van der Waals surface area contributed by atoms with E-state index in [4.69, 9.17) is 11.6 Å². The molecule has 6 heteroatoms. The zero-order valence-electron chi connectivity index (χ0n) is 11.7. The van der Waals surface area contributed by atoms with Crippen molar-refractivity contribution in [3.8, 4) is 0 Å². The van der Waals surface area contributed by atoms with E-state index in [0.29, 0.717) is 10.7 Å². The van der Waals surface area contributed by atoms with Gasteiger partial charge in [-0.05, 0) is 48.5 Å². The number of hydrogen-bond donors (Lipinski definition) is 1. The lowest BCUT2D eigenvalue weighted by Gasteiger charge is -2.16. The van der Waals surface area contributed by atoms with Crippen LogP contribution in [-0.2, 0) is 4.79 Å². The van der Waals surface area contributed by atoms with E-state index < -0.39 is 5.37 Å². The molecule has 0 unspecified atom stereocenters. The minimum absolute atomic E-state index is 0.277. The van der Waals surface area contributed by atoms with Crippen LogP contribution in [0.3, 0.4) is 0 Å². The van der Waals surface area contributed by atoms with Crippen molar-refractivity contribution in [1.29, 1.82) is 0 Å². The molecule has 112 valence electrons. The monoisotopic (exact) mass is 332 g/mol. The van der Waals surface area contributed by atoms with Gasteiger partial charge in [-0.1, -0.05) is 35.9 Å². The van der Waals surface area contributed by atoms with Gasteiger partial charge in [-0.25, -0.2) is 4.90 Å². The van der Waals surface area contributed by atoms with Crippen LogP contribution in [-0.4, -0.2) is 16.5 Å². The van der Waals surface area contributed by atoms with E-state index >= 15 is 0 Å². The van der Waals surface area contributed by atoms with Crippen LogP contribution in [0.1, 0.15) is 5.56 Å². The summed E-state index contributed by atoms with van der Waals surface area (Å²) < 4.78 is 0. The lowest BCUT2D eigenvalue weighted by molar-refractivity contribution is -0.116. The van der Waals surface area contributed by atoms with Crippen molar-refractivity contribution in [2.24, 2.45) is 0 Å². The summed E-state index contributed by atoms with van der Waals surface area (Å²) in [5.41, 5.74) is 2.18. The van der Waals surface area contributed by atoms with E-state index in [1.165, 1.54) is 4.90 Å². The van der Waals surface area contributed by atoms with E-state index in [2.05, 4.69) is 5.32 Å². The van der Waals surface area contributed by atoms with E-state index in [1.807, 2.05) is 19.1 Å². The Morgan fingerprint density at radius 2 is 1.82 bits per heavy atom.